The van der Waals surface area contributed by atoms with Crippen molar-refractivity contribution in [2.45, 2.75) is 19.8 Å². The van der Waals surface area contributed by atoms with Crippen molar-refractivity contribution in [3.63, 3.8) is 0 Å². The highest BCUT2D eigenvalue weighted by molar-refractivity contribution is 6.04. The molecule has 0 fully saturated rings. The maximum Gasteiger partial charge on any atom is 0.240 e. The molecule has 2 aromatic rings. The average Bonchev–Trinajstić information content (AvgIpc) is 2.57. The SMILES string of the molecule is CC(=Nc1ccc(C2=NNC(=O)CC2)cc1)c1ccncc1. The van der Waals surface area contributed by atoms with Crippen LogP contribution in [0.2, 0.25) is 0 Å². The number of carbonyl (C=O) groups excluding carboxylic acids is 1. The summed E-state index contributed by atoms with van der Waals surface area (Å²) in [7, 11) is 0. The number of rotatable bonds is 3. The van der Waals surface area contributed by atoms with Crippen LogP contribution in [0.5, 0.6) is 0 Å². The van der Waals surface area contributed by atoms with Crippen LogP contribution in [0.25, 0.3) is 0 Å². The maximum atomic E-state index is 11.1. The predicted molar refractivity (Wildman–Crippen MR) is 86.5 cm³/mol. The Bertz CT molecular complexity index is 733. The molecule has 0 spiro atoms. The van der Waals surface area contributed by atoms with E-state index in [4.69, 9.17) is 0 Å². The third kappa shape index (κ3) is 3.25. The first-order valence-electron chi connectivity index (χ1n) is 7.14. The molecule has 1 N–H and O–H groups in total. The molecule has 1 aliphatic heterocycles. The minimum Gasteiger partial charge on any atom is -0.273 e. The predicted octanol–water partition coefficient (Wildman–Crippen LogP) is 2.84. The molecule has 5 heteroatoms. The number of benzene rings is 1. The monoisotopic (exact) mass is 292 g/mol. The number of hydrogen-bond acceptors (Lipinski definition) is 4. The van der Waals surface area contributed by atoms with Gasteiger partial charge in [-0.3, -0.25) is 14.8 Å². The molecule has 1 aliphatic rings. The van der Waals surface area contributed by atoms with Crippen LogP contribution in [0.3, 0.4) is 0 Å². The Kier molecular flexibility index (Phi) is 4.05. The normalized spacial score (nSPS) is 15.2. The Hall–Kier alpha value is -2.82. The van der Waals surface area contributed by atoms with Crippen molar-refractivity contribution >= 4 is 23.0 Å². The zero-order valence-electron chi connectivity index (χ0n) is 12.3. The highest BCUT2D eigenvalue weighted by Gasteiger charge is 2.12. The second-order valence-electron chi connectivity index (χ2n) is 5.07. The lowest BCUT2D eigenvalue weighted by Crippen LogP contribution is -2.25. The van der Waals surface area contributed by atoms with Crippen molar-refractivity contribution in [2.75, 3.05) is 0 Å². The molecule has 22 heavy (non-hydrogen) atoms. The summed E-state index contributed by atoms with van der Waals surface area (Å²) in [6.07, 6.45) is 4.67. The van der Waals surface area contributed by atoms with Crippen molar-refractivity contribution in [2.24, 2.45) is 10.1 Å². The first-order chi connectivity index (χ1) is 10.7. The molecule has 0 unspecified atom stereocenters. The maximum absolute atomic E-state index is 11.1. The lowest BCUT2D eigenvalue weighted by Gasteiger charge is -2.12. The van der Waals surface area contributed by atoms with Crippen molar-refractivity contribution in [3.05, 3.63) is 59.9 Å². The first kappa shape index (κ1) is 14.1. The van der Waals surface area contributed by atoms with E-state index in [2.05, 4.69) is 20.5 Å². The van der Waals surface area contributed by atoms with Crippen molar-refractivity contribution < 1.29 is 4.79 Å². The molecule has 0 bridgehead atoms. The van der Waals surface area contributed by atoms with Gasteiger partial charge in [0, 0.05) is 30.9 Å². The molecule has 5 nitrogen and oxygen atoms in total. The van der Waals surface area contributed by atoms with Gasteiger partial charge >= 0.3 is 0 Å². The van der Waals surface area contributed by atoms with Gasteiger partial charge in [-0.05, 0) is 42.3 Å². The molecule has 1 aromatic heterocycles. The highest BCUT2D eigenvalue weighted by atomic mass is 16.2. The van der Waals surface area contributed by atoms with Gasteiger partial charge in [0.05, 0.1) is 11.4 Å². The summed E-state index contributed by atoms with van der Waals surface area (Å²) in [5, 5.41) is 4.09. The summed E-state index contributed by atoms with van der Waals surface area (Å²) in [6, 6.07) is 11.8. The van der Waals surface area contributed by atoms with Crippen molar-refractivity contribution in [1.29, 1.82) is 0 Å². The molecule has 0 radical (unpaired) electrons. The van der Waals surface area contributed by atoms with E-state index in [1.807, 2.05) is 43.3 Å². The molecule has 0 saturated heterocycles. The second-order valence-corrected chi connectivity index (χ2v) is 5.07. The number of aromatic nitrogens is 1. The van der Waals surface area contributed by atoms with Gasteiger partial charge in [0.1, 0.15) is 0 Å². The Morgan fingerprint density at radius 2 is 1.82 bits per heavy atom. The Labute approximate surface area is 128 Å². The van der Waals surface area contributed by atoms with E-state index in [0.717, 1.165) is 28.2 Å². The van der Waals surface area contributed by atoms with Crippen LogP contribution in [0.15, 0.2) is 58.9 Å². The lowest BCUT2D eigenvalue weighted by molar-refractivity contribution is -0.121. The van der Waals surface area contributed by atoms with E-state index < -0.39 is 0 Å². The smallest absolute Gasteiger partial charge is 0.240 e. The summed E-state index contributed by atoms with van der Waals surface area (Å²) in [5.41, 5.74) is 7.32. The quantitative estimate of drug-likeness (QED) is 0.884. The van der Waals surface area contributed by atoms with Crippen LogP contribution in [0, 0.1) is 0 Å². The van der Waals surface area contributed by atoms with Crippen LogP contribution in [-0.4, -0.2) is 22.3 Å². The topological polar surface area (TPSA) is 66.7 Å². The van der Waals surface area contributed by atoms with E-state index in [-0.39, 0.29) is 5.91 Å². The number of nitrogens with one attached hydrogen (secondary N) is 1. The van der Waals surface area contributed by atoms with Gasteiger partial charge in [-0.2, -0.15) is 5.10 Å². The third-order valence-electron chi connectivity index (χ3n) is 3.50. The Morgan fingerprint density at radius 3 is 2.45 bits per heavy atom. The summed E-state index contributed by atoms with van der Waals surface area (Å²) < 4.78 is 0. The number of aliphatic imine (C=N–C) groups is 1. The number of carbonyl (C=O) groups is 1. The van der Waals surface area contributed by atoms with Gasteiger partial charge < -0.3 is 0 Å². The van der Waals surface area contributed by atoms with Crippen LogP contribution in [0.4, 0.5) is 5.69 Å². The summed E-state index contributed by atoms with van der Waals surface area (Å²) >= 11 is 0. The van der Waals surface area contributed by atoms with Crippen LogP contribution >= 0.6 is 0 Å². The largest absolute Gasteiger partial charge is 0.273 e. The molecule has 110 valence electrons. The van der Waals surface area contributed by atoms with Gasteiger partial charge in [-0.25, -0.2) is 5.43 Å². The number of hydrogen-bond donors (Lipinski definition) is 1. The number of amides is 1. The molecule has 0 aliphatic carbocycles. The molecule has 3 rings (SSSR count). The van der Waals surface area contributed by atoms with Crippen LogP contribution in [-0.2, 0) is 4.79 Å². The summed E-state index contributed by atoms with van der Waals surface area (Å²) in [4.78, 5) is 19.7. The third-order valence-corrected chi connectivity index (χ3v) is 3.50. The van der Waals surface area contributed by atoms with Gasteiger partial charge in [-0.15, -0.1) is 0 Å². The number of pyridine rings is 1. The van der Waals surface area contributed by atoms with Gasteiger partial charge in [0.15, 0.2) is 0 Å². The fourth-order valence-corrected chi connectivity index (χ4v) is 2.26. The first-order valence-corrected chi connectivity index (χ1v) is 7.14. The van der Waals surface area contributed by atoms with Crippen molar-refractivity contribution in [3.8, 4) is 0 Å². The molecule has 0 saturated carbocycles. The fourth-order valence-electron chi connectivity index (χ4n) is 2.26. The van der Waals surface area contributed by atoms with E-state index in [1.165, 1.54) is 0 Å². The average molecular weight is 292 g/mol. The van der Waals surface area contributed by atoms with Gasteiger partial charge in [0.2, 0.25) is 5.91 Å². The summed E-state index contributed by atoms with van der Waals surface area (Å²) in [6.45, 7) is 1.98. The van der Waals surface area contributed by atoms with E-state index in [9.17, 15) is 4.79 Å². The molecular formula is C17H16N4O. The van der Waals surface area contributed by atoms with E-state index >= 15 is 0 Å². The zero-order chi connectivity index (χ0) is 15.4. The molecular weight excluding hydrogens is 276 g/mol. The van der Waals surface area contributed by atoms with Crippen LogP contribution in [0.1, 0.15) is 30.9 Å². The zero-order valence-corrected chi connectivity index (χ0v) is 12.3. The molecule has 1 amide bonds. The summed E-state index contributed by atoms with van der Waals surface area (Å²) in [5.74, 6) is -0.0297. The van der Waals surface area contributed by atoms with Crippen molar-refractivity contribution in [1.82, 2.24) is 10.4 Å². The van der Waals surface area contributed by atoms with Crippen LogP contribution < -0.4 is 5.43 Å². The highest BCUT2D eigenvalue weighted by Crippen LogP contribution is 2.17. The molecule has 1 aromatic carbocycles. The lowest BCUT2D eigenvalue weighted by atomic mass is 10.0. The minimum absolute atomic E-state index is 0.0297. The number of hydrazone groups is 1. The Morgan fingerprint density at radius 1 is 1.09 bits per heavy atom. The standard InChI is InChI=1S/C17H16N4O/c1-12(13-8-10-18-11-9-13)19-15-4-2-14(3-5-15)16-6-7-17(22)21-20-16/h2-5,8-11H,6-7H2,1H3,(H,21,22). The van der Waals surface area contributed by atoms with Gasteiger partial charge in [-0.1, -0.05) is 12.1 Å². The molecule has 0 atom stereocenters. The minimum atomic E-state index is -0.0297. The number of nitrogens with zero attached hydrogens (tertiary/aromatic N) is 3. The van der Waals surface area contributed by atoms with E-state index in [0.29, 0.717) is 12.8 Å². The Balaban J connectivity index is 1.79. The van der Waals surface area contributed by atoms with E-state index in [1.54, 1.807) is 12.4 Å². The molecule has 2 heterocycles. The second kappa shape index (κ2) is 6.30. The van der Waals surface area contributed by atoms with Gasteiger partial charge in [0.25, 0.3) is 0 Å². The fraction of sp³-hybridized carbons (Fsp3) is 0.176.